The van der Waals surface area contributed by atoms with Crippen LogP contribution in [-0.4, -0.2) is 4.40 Å². The number of benzene rings is 6. The first kappa shape index (κ1) is 25.8. The van der Waals surface area contributed by atoms with Gasteiger partial charge in [-0.25, -0.2) is 0 Å². The number of aromatic nitrogens is 1. The Morgan fingerprint density at radius 1 is 0.574 bits per heavy atom. The second kappa shape index (κ2) is 9.56. The molecular weight excluding hydrogens is 567 g/mol. The zero-order valence-corrected chi connectivity index (χ0v) is 26.2. The first-order chi connectivity index (χ1) is 23.3. The van der Waals surface area contributed by atoms with Crippen LogP contribution in [0, 0.1) is 0 Å². The van der Waals surface area contributed by atoms with Gasteiger partial charge in [0.2, 0.25) is 0 Å². The van der Waals surface area contributed by atoms with Gasteiger partial charge in [-0.15, -0.1) is 0 Å². The highest BCUT2D eigenvalue weighted by Crippen LogP contribution is 2.54. The third kappa shape index (κ3) is 3.49. The van der Waals surface area contributed by atoms with Crippen molar-refractivity contribution >= 4 is 33.3 Å². The summed E-state index contributed by atoms with van der Waals surface area (Å²) in [5.41, 5.74) is 20.0. The summed E-state index contributed by atoms with van der Waals surface area (Å²) < 4.78 is 2.55. The van der Waals surface area contributed by atoms with Gasteiger partial charge in [-0.05, 0) is 111 Å². The monoisotopic (exact) mass is 599 g/mol. The number of hydrogen-bond donors (Lipinski definition) is 0. The predicted molar refractivity (Wildman–Crippen MR) is 197 cm³/mol. The molecule has 2 atom stereocenters. The van der Waals surface area contributed by atoms with Crippen LogP contribution in [0.2, 0.25) is 0 Å². The predicted octanol–water partition coefficient (Wildman–Crippen LogP) is 11.8. The summed E-state index contributed by atoms with van der Waals surface area (Å²) in [6.45, 7) is 0. The smallest absolute Gasteiger partial charge is 0.0617 e. The second-order valence-electron chi connectivity index (χ2n) is 13.9. The molecule has 6 aromatic carbocycles. The van der Waals surface area contributed by atoms with E-state index in [0.29, 0.717) is 5.92 Å². The van der Waals surface area contributed by atoms with E-state index in [9.17, 15) is 0 Å². The Morgan fingerprint density at radius 3 is 2.36 bits per heavy atom. The van der Waals surface area contributed by atoms with Crippen LogP contribution in [0.4, 0.5) is 0 Å². The fourth-order valence-corrected chi connectivity index (χ4v) is 9.62. The third-order valence-corrected chi connectivity index (χ3v) is 11.6. The van der Waals surface area contributed by atoms with Crippen molar-refractivity contribution in [2.24, 2.45) is 0 Å². The van der Waals surface area contributed by atoms with Crippen LogP contribution >= 0.6 is 0 Å². The van der Waals surface area contributed by atoms with Gasteiger partial charge in [0.15, 0.2) is 0 Å². The fraction of sp³-hybridized carbons (Fsp3) is 0.130. The Kier molecular flexibility index (Phi) is 5.24. The molecule has 222 valence electrons. The molecule has 0 radical (unpaired) electrons. The van der Waals surface area contributed by atoms with E-state index in [-0.39, 0.29) is 5.92 Å². The molecule has 1 nitrogen and oxygen atoms in total. The molecule has 47 heavy (non-hydrogen) atoms. The standard InChI is InChI=1S/C46H33N/c1-2-10-28(11-3-1)30-22-20-29-21-23-32-26-31-12-4-5-13-33(31)36-24-25-37(45(43(32)36)40(29)27-30)35-15-9-19-42-44(35)39-17-8-16-38-34-14-6-7-18-41(34)47(42)46(38)39/h1-14,16-20,22,24-25,27,32,35H,15,21,23,26H2. The molecule has 0 amide bonds. The van der Waals surface area contributed by atoms with Crippen molar-refractivity contribution in [1.29, 1.82) is 0 Å². The quantitative estimate of drug-likeness (QED) is 0.186. The van der Waals surface area contributed by atoms with Crippen molar-refractivity contribution in [2.45, 2.75) is 37.5 Å². The molecule has 0 spiro atoms. The normalized spacial score (nSPS) is 17.8. The van der Waals surface area contributed by atoms with Crippen LogP contribution in [0.1, 0.15) is 58.2 Å². The summed E-state index contributed by atoms with van der Waals surface area (Å²) in [7, 11) is 0. The Morgan fingerprint density at radius 2 is 1.40 bits per heavy atom. The Hall–Kier alpha value is -5.40. The van der Waals surface area contributed by atoms with Gasteiger partial charge in [-0.1, -0.05) is 121 Å². The molecule has 0 saturated carbocycles. The summed E-state index contributed by atoms with van der Waals surface area (Å²) in [5, 5.41) is 4.11. The molecule has 2 heterocycles. The van der Waals surface area contributed by atoms with Gasteiger partial charge in [0.05, 0.1) is 16.7 Å². The fourth-order valence-electron chi connectivity index (χ4n) is 9.62. The third-order valence-electron chi connectivity index (χ3n) is 11.6. The number of aryl methyl sites for hydroxylation is 1. The highest BCUT2D eigenvalue weighted by molar-refractivity contribution is 6.16. The Bertz CT molecular complexity index is 2580. The lowest BCUT2D eigenvalue weighted by Crippen LogP contribution is -2.15. The van der Waals surface area contributed by atoms with Crippen LogP contribution in [-0.2, 0) is 12.8 Å². The largest absolute Gasteiger partial charge is 0.308 e. The van der Waals surface area contributed by atoms with Crippen molar-refractivity contribution in [1.82, 2.24) is 4.40 Å². The number of allylic oxidation sites excluding steroid dienone is 1. The molecule has 8 aromatic rings. The van der Waals surface area contributed by atoms with E-state index in [4.69, 9.17) is 0 Å². The Balaban J connectivity index is 1.23. The molecule has 1 heteroatoms. The van der Waals surface area contributed by atoms with Crippen LogP contribution in [0.25, 0.3) is 66.6 Å². The molecule has 3 aliphatic carbocycles. The minimum absolute atomic E-state index is 0.281. The SMILES string of the molecule is C1=Cc2c(c3cccc4c5ccccc5n2c34)C(c2ccc3c4c2-c2cc(-c5ccccc5)ccc2CCC4Cc2ccccc2-3)C1. The van der Waals surface area contributed by atoms with Crippen LogP contribution in [0.3, 0.4) is 0 Å². The number of para-hydroxylation sites is 2. The average molecular weight is 600 g/mol. The van der Waals surface area contributed by atoms with E-state index in [1.807, 2.05) is 0 Å². The summed E-state index contributed by atoms with van der Waals surface area (Å²) in [6.07, 6.45) is 9.26. The molecule has 0 saturated heterocycles. The zero-order valence-electron chi connectivity index (χ0n) is 26.2. The lowest BCUT2D eigenvalue weighted by atomic mass is 9.71. The summed E-state index contributed by atoms with van der Waals surface area (Å²) >= 11 is 0. The highest BCUT2D eigenvalue weighted by atomic mass is 14.9. The van der Waals surface area contributed by atoms with Gasteiger partial charge in [0, 0.05) is 22.1 Å². The lowest BCUT2D eigenvalue weighted by Gasteiger charge is -2.32. The highest BCUT2D eigenvalue weighted by Gasteiger charge is 2.36. The van der Waals surface area contributed by atoms with Crippen LogP contribution in [0.5, 0.6) is 0 Å². The van der Waals surface area contributed by atoms with Crippen LogP contribution < -0.4 is 0 Å². The summed E-state index contributed by atoms with van der Waals surface area (Å²) in [5.74, 6) is 0.795. The van der Waals surface area contributed by atoms with Gasteiger partial charge in [-0.2, -0.15) is 0 Å². The molecule has 0 bridgehead atoms. The Labute approximate surface area is 274 Å². The van der Waals surface area contributed by atoms with Gasteiger partial charge < -0.3 is 4.40 Å². The molecule has 2 aromatic heterocycles. The van der Waals surface area contributed by atoms with Crippen molar-refractivity contribution in [2.75, 3.05) is 0 Å². The molecule has 0 aliphatic heterocycles. The van der Waals surface area contributed by atoms with Crippen molar-refractivity contribution in [3.63, 3.8) is 0 Å². The van der Waals surface area contributed by atoms with Crippen LogP contribution in [0.15, 0.2) is 133 Å². The van der Waals surface area contributed by atoms with E-state index < -0.39 is 0 Å². The molecule has 3 aliphatic rings. The maximum atomic E-state index is 2.55. The van der Waals surface area contributed by atoms with E-state index in [1.165, 1.54) is 94.9 Å². The molecule has 0 fully saturated rings. The summed E-state index contributed by atoms with van der Waals surface area (Å²) in [6, 6.07) is 48.3. The van der Waals surface area contributed by atoms with Crippen molar-refractivity contribution in [3.05, 3.63) is 167 Å². The number of hydrogen-bond acceptors (Lipinski definition) is 0. The first-order valence-electron chi connectivity index (χ1n) is 17.2. The average Bonchev–Trinajstić information content (AvgIpc) is 3.61. The number of fused-ring (bicyclic) bond motifs is 10. The van der Waals surface area contributed by atoms with Crippen molar-refractivity contribution in [3.8, 4) is 33.4 Å². The molecule has 2 unspecified atom stereocenters. The minimum Gasteiger partial charge on any atom is -0.308 e. The maximum absolute atomic E-state index is 2.55. The van der Waals surface area contributed by atoms with Gasteiger partial charge in [-0.3, -0.25) is 0 Å². The molecule has 0 N–H and O–H groups in total. The maximum Gasteiger partial charge on any atom is 0.0617 e. The molecule has 11 rings (SSSR count). The molecular formula is C46H33N. The van der Waals surface area contributed by atoms with E-state index in [1.54, 1.807) is 5.56 Å². The first-order valence-corrected chi connectivity index (χ1v) is 17.2. The topological polar surface area (TPSA) is 4.41 Å². The second-order valence-corrected chi connectivity index (χ2v) is 13.9. The van der Waals surface area contributed by atoms with Gasteiger partial charge >= 0.3 is 0 Å². The van der Waals surface area contributed by atoms with E-state index in [0.717, 1.165) is 19.3 Å². The lowest BCUT2D eigenvalue weighted by molar-refractivity contribution is 0.622. The van der Waals surface area contributed by atoms with Gasteiger partial charge in [0.1, 0.15) is 0 Å². The van der Waals surface area contributed by atoms with Gasteiger partial charge in [0.25, 0.3) is 0 Å². The summed E-state index contributed by atoms with van der Waals surface area (Å²) in [4.78, 5) is 0. The van der Waals surface area contributed by atoms with E-state index in [2.05, 4.69) is 144 Å². The van der Waals surface area contributed by atoms with E-state index >= 15 is 0 Å². The number of rotatable bonds is 2. The number of nitrogens with zero attached hydrogens (tertiary/aromatic N) is 1. The minimum atomic E-state index is 0.281. The van der Waals surface area contributed by atoms with Crippen molar-refractivity contribution < 1.29 is 0 Å². The zero-order chi connectivity index (χ0) is 30.6.